The molecule has 0 radical (unpaired) electrons. The van der Waals surface area contributed by atoms with Gasteiger partial charge in [-0.05, 0) is 30.9 Å². The number of fused-ring (bicyclic) bond motifs is 1. The first-order valence-electron chi connectivity index (χ1n) is 5.68. The number of hydrogen-bond acceptors (Lipinski definition) is 3. The van der Waals surface area contributed by atoms with Crippen LogP contribution in [0.3, 0.4) is 0 Å². The quantitative estimate of drug-likeness (QED) is 0.825. The van der Waals surface area contributed by atoms with Gasteiger partial charge in [0, 0.05) is 0 Å². The largest absolute Gasteiger partial charge is 0.479 e. The number of carbonyl (C=O) groups is 1. The molecule has 92 valence electrons. The molecule has 1 aromatic rings. The van der Waals surface area contributed by atoms with Gasteiger partial charge in [-0.2, -0.15) is 0 Å². The third-order valence-corrected chi connectivity index (χ3v) is 3.23. The number of aryl methyl sites for hydroxylation is 2. The minimum Gasteiger partial charge on any atom is -0.479 e. The SMILES string of the molecule is Cc1ccc2c(c1)C(OCCO)(C(=O)O)CC2. The Morgan fingerprint density at radius 3 is 2.94 bits per heavy atom. The van der Waals surface area contributed by atoms with Crippen LogP contribution in [0.15, 0.2) is 18.2 Å². The second-order valence-electron chi connectivity index (χ2n) is 4.36. The van der Waals surface area contributed by atoms with Gasteiger partial charge in [-0.25, -0.2) is 4.79 Å². The summed E-state index contributed by atoms with van der Waals surface area (Å²) in [6, 6.07) is 5.80. The van der Waals surface area contributed by atoms with Crippen LogP contribution in [0.5, 0.6) is 0 Å². The summed E-state index contributed by atoms with van der Waals surface area (Å²) in [5.74, 6) is -0.977. The highest BCUT2D eigenvalue weighted by Gasteiger charge is 2.46. The number of aliphatic hydroxyl groups is 1. The lowest BCUT2D eigenvalue weighted by Gasteiger charge is -2.26. The van der Waals surface area contributed by atoms with Crippen molar-refractivity contribution in [1.29, 1.82) is 0 Å². The number of aliphatic hydroxyl groups excluding tert-OH is 1. The first kappa shape index (κ1) is 12.1. The molecule has 0 bridgehead atoms. The van der Waals surface area contributed by atoms with E-state index in [2.05, 4.69) is 0 Å². The zero-order valence-corrected chi connectivity index (χ0v) is 9.77. The van der Waals surface area contributed by atoms with Crippen molar-refractivity contribution < 1.29 is 19.7 Å². The Bertz CT molecular complexity index is 441. The highest BCUT2D eigenvalue weighted by Crippen LogP contribution is 2.40. The van der Waals surface area contributed by atoms with Crippen molar-refractivity contribution in [2.24, 2.45) is 0 Å². The fraction of sp³-hybridized carbons (Fsp3) is 0.462. The van der Waals surface area contributed by atoms with E-state index in [1.165, 1.54) is 0 Å². The summed E-state index contributed by atoms with van der Waals surface area (Å²) >= 11 is 0. The summed E-state index contributed by atoms with van der Waals surface area (Å²) < 4.78 is 5.43. The van der Waals surface area contributed by atoms with E-state index >= 15 is 0 Å². The molecular weight excluding hydrogens is 220 g/mol. The molecule has 2 rings (SSSR count). The van der Waals surface area contributed by atoms with Gasteiger partial charge in [0.1, 0.15) is 0 Å². The van der Waals surface area contributed by atoms with E-state index in [1.54, 1.807) is 0 Å². The molecule has 0 amide bonds. The molecule has 0 aliphatic heterocycles. The van der Waals surface area contributed by atoms with Crippen molar-refractivity contribution in [2.45, 2.75) is 25.4 Å². The minimum absolute atomic E-state index is 0.0414. The minimum atomic E-state index is -1.27. The molecule has 4 nitrogen and oxygen atoms in total. The van der Waals surface area contributed by atoms with Crippen molar-refractivity contribution in [3.05, 3.63) is 34.9 Å². The highest BCUT2D eigenvalue weighted by atomic mass is 16.5. The zero-order chi connectivity index (χ0) is 12.5. The summed E-state index contributed by atoms with van der Waals surface area (Å²) in [5, 5.41) is 18.2. The molecular formula is C13H16O4. The average Bonchev–Trinajstić information content (AvgIpc) is 2.66. The van der Waals surface area contributed by atoms with Gasteiger partial charge in [0.2, 0.25) is 0 Å². The highest BCUT2D eigenvalue weighted by molar-refractivity contribution is 5.81. The molecule has 0 spiro atoms. The molecule has 0 aromatic heterocycles. The van der Waals surface area contributed by atoms with Crippen molar-refractivity contribution in [1.82, 2.24) is 0 Å². The fourth-order valence-electron chi connectivity index (χ4n) is 2.38. The molecule has 17 heavy (non-hydrogen) atoms. The molecule has 0 saturated heterocycles. The van der Waals surface area contributed by atoms with Crippen LogP contribution in [-0.2, 0) is 21.6 Å². The molecule has 1 aromatic carbocycles. The van der Waals surface area contributed by atoms with Gasteiger partial charge in [-0.3, -0.25) is 0 Å². The van der Waals surface area contributed by atoms with E-state index < -0.39 is 11.6 Å². The molecule has 0 fully saturated rings. The second kappa shape index (κ2) is 4.47. The van der Waals surface area contributed by atoms with Crippen LogP contribution in [0.4, 0.5) is 0 Å². The van der Waals surface area contributed by atoms with Crippen LogP contribution in [0.25, 0.3) is 0 Å². The van der Waals surface area contributed by atoms with Gasteiger partial charge < -0.3 is 14.9 Å². The molecule has 1 aliphatic rings. The average molecular weight is 236 g/mol. The van der Waals surface area contributed by atoms with Crippen LogP contribution < -0.4 is 0 Å². The van der Waals surface area contributed by atoms with E-state index in [4.69, 9.17) is 9.84 Å². The number of hydrogen-bond donors (Lipinski definition) is 2. The second-order valence-corrected chi connectivity index (χ2v) is 4.36. The van der Waals surface area contributed by atoms with Gasteiger partial charge in [0.05, 0.1) is 13.2 Å². The Labute approximate surface area is 99.8 Å². The predicted octanol–water partition coefficient (Wildman–Crippen LogP) is 1.23. The number of carboxylic acid groups (broad SMARTS) is 1. The van der Waals surface area contributed by atoms with Gasteiger partial charge in [-0.1, -0.05) is 23.8 Å². The Kier molecular flexibility index (Phi) is 3.17. The van der Waals surface area contributed by atoms with Crippen LogP contribution in [0, 0.1) is 6.92 Å². The summed E-state index contributed by atoms with van der Waals surface area (Å²) in [7, 11) is 0. The maximum absolute atomic E-state index is 11.5. The molecule has 4 heteroatoms. The monoisotopic (exact) mass is 236 g/mol. The maximum Gasteiger partial charge on any atom is 0.340 e. The molecule has 1 unspecified atom stereocenters. The van der Waals surface area contributed by atoms with E-state index in [1.807, 2.05) is 25.1 Å². The van der Waals surface area contributed by atoms with Gasteiger partial charge >= 0.3 is 5.97 Å². The Balaban J connectivity index is 2.44. The van der Waals surface area contributed by atoms with Gasteiger partial charge in [0.15, 0.2) is 5.60 Å². The van der Waals surface area contributed by atoms with Crippen molar-refractivity contribution in [3.8, 4) is 0 Å². The zero-order valence-electron chi connectivity index (χ0n) is 9.77. The first-order valence-corrected chi connectivity index (χ1v) is 5.68. The number of benzene rings is 1. The third-order valence-electron chi connectivity index (χ3n) is 3.23. The number of aliphatic carboxylic acids is 1. The molecule has 1 aliphatic carbocycles. The van der Waals surface area contributed by atoms with Crippen LogP contribution in [-0.4, -0.2) is 29.4 Å². The van der Waals surface area contributed by atoms with Crippen molar-refractivity contribution >= 4 is 5.97 Å². The van der Waals surface area contributed by atoms with E-state index in [0.717, 1.165) is 16.7 Å². The van der Waals surface area contributed by atoms with E-state index in [9.17, 15) is 9.90 Å². The lowest BCUT2D eigenvalue weighted by molar-refractivity contribution is -0.169. The summed E-state index contributed by atoms with van der Waals surface area (Å²) in [5.41, 5.74) is 1.50. The van der Waals surface area contributed by atoms with Crippen molar-refractivity contribution in [2.75, 3.05) is 13.2 Å². The Morgan fingerprint density at radius 2 is 2.29 bits per heavy atom. The van der Waals surface area contributed by atoms with E-state index in [-0.39, 0.29) is 13.2 Å². The lowest BCUT2D eigenvalue weighted by Crippen LogP contribution is -2.37. The smallest absolute Gasteiger partial charge is 0.340 e. The van der Waals surface area contributed by atoms with Gasteiger partial charge in [-0.15, -0.1) is 0 Å². The number of rotatable bonds is 4. The normalized spacial score (nSPS) is 22.5. The Morgan fingerprint density at radius 1 is 1.53 bits per heavy atom. The fourth-order valence-corrected chi connectivity index (χ4v) is 2.38. The standard InChI is InChI=1S/C13H16O4/c1-9-2-3-10-4-5-13(12(15)16,11(10)8-9)17-7-6-14/h2-3,8,14H,4-7H2,1H3,(H,15,16). The van der Waals surface area contributed by atoms with Gasteiger partial charge in [0.25, 0.3) is 0 Å². The summed E-state index contributed by atoms with van der Waals surface area (Å²) in [6.45, 7) is 1.80. The number of carboxylic acids is 1. The Hall–Kier alpha value is -1.39. The topological polar surface area (TPSA) is 66.8 Å². The summed E-state index contributed by atoms with van der Waals surface area (Å²) in [6.07, 6.45) is 1.13. The van der Waals surface area contributed by atoms with E-state index in [0.29, 0.717) is 12.8 Å². The molecule has 0 heterocycles. The molecule has 1 atom stereocenters. The van der Waals surface area contributed by atoms with Crippen molar-refractivity contribution in [3.63, 3.8) is 0 Å². The molecule has 0 saturated carbocycles. The van der Waals surface area contributed by atoms with Crippen LogP contribution in [0.2, 0.25) is 0 Å². The molecule has 2 N–H and O–H groups in total. The summed E-state index contributed by atoms with van der Waals surface area (Å²) in [4.78, 5) is 11.5. The third kappa shape index (κ3) is 1.94. The first-order chi connectivity index (χ1) is 8.10. The van der Waals surface area contributed by atoms with Crippen LogP contribution >= 0.6 is 0 Å². The maximum atomic E-state index is 11.5. The predicted molar refractivity (Wildman–Crippen MR) is 61.9 cm³/mol. The lowest BCUT2D eigenvalue weighted by atomic mass is 9.94. The number of ether oxygens (including phenoxy) is 1. The van der Waals surface area contributed by atoms with Crippen LogP contribution in [0.1, 0.15) is 23.1 Å².